The van der Waals surface area contributed by atoms with Crippen molar-refractivity contribution in [1.29, 1.82) is 5.26 Å². The van der Waals surface area contributed by atoms with Crippen molar-refractivity contribution >= 4 is 23.4 Å². The van der Waals surface area contributed by atoms with Gasteiger partial charge in [0.2, 0.25) is 0 Å². The largest absolute Gasteiger partial charge is 0.398 e. The lowest BCUT2D eigenvalue weighted by molar-refractivity contribution is 1.54. The zero-order valence-electron chi connectivity index (χ0n) is 6.29. The van der Waals surface area contributed by atoms with Gasteiger partial charge in [-0.1, -0.05) is 17.7 Å². The van der Waals surface area contributed by atoms with Crippen LogP contribution in [0.1, 0.15) is 5.56 Å². The Morgan fingerprint density at radius 2 is 2.25 bits per heavy atom. The third-order valence-corrected chi connectivity index (χ3v) is 1.70. The fourth-order valence-corrected chi connectivity index (χ4v) is 0.970. The Balaban J connectivity index is 2.99. The van der Waals surface area contributed by atoms with E-state index in [0.717, 1.165) is 5.56 Å². The number of hydrogen-bond donors (Lipinski definition) is 1. The highest BCUT2D eigenvalue weighted by Crippen LogP contribution is 2.20. The average Bonchev–Trinajstić information content (AvgIpc) is 2.07. The molecule has 0 unspecified atom stereocenters. The molecule has 0 aromatic heterocycles. The van der Waals surface area contributed by atoms with Gasteiger partial charge in [0, 0.05) is 6.08 Å². The summed E-state index contributed by atoms with van der Waals surface area (Å²) in [4.78, 5) is 0. The molecule has 0 amide bonds. The Kier molecular flexibility index (Phi) is 2.73. The summed E-state index contributed by atoms with van der Waals surface area (Å²) in [5.41, 5.74) is 6.91. The van der Waals surface area contributed by atoms with E-state index in [0.29, 0.717) is 10.7 Å². The predicted octanol–water partition coefficient (Wildman–Crippen LogP) is 2.46. The second-order valence-electron chi connectivity index (χ2n) is 2.24. The van der Waals surface area contributed by atoms with E-state index < -0.39 is 0 Å². The lowest BCUT2D eigenvalue weighted by atomic mass is 10.2. The van der Waals surface area contributed by atoms with Crippen LogP contribution in [0.5, 0.6) is 0 Å². The molecule has 0 heterocycles. The van der Waals surface area contributed by atoms with Crippen LogP contribution in [0.25, 0.3) is 6.08 Å². The summed E-state index contributed by atoms with van der Waals surface area (Å²) in [7, 11) is 0. The smallest absolute Gasteiger partial charge is 0.0912 e. The van der Waals surface area contributed by atoms with Crippen molar-refractivity contribution in [1.82, 2.24) is 0 Å². The minimum absolute atomic E-state index is 0.509. The van der Waals surface area contributed by atoms with Crippen molar-refractivity contribution in [2.24, 2.45) is 0 Å². The molecule has 3 heteroatoms. The third kappa shape index (κ3) is 2.01. The van der Waals surface area contributed by atoms with Crippen LogP contribution in [0.2, 0.25) is 5.02 Å². The maximum atomic E-state index is 8.26. The third-order valence-electron chi connectivity index (χ3n) is 1.37. The summed E-state index contributed by atoms with van der Waals surface area (Å²) < 4.78 is 0. The molecule has 60 valence electrons. The van der Waals surface area contributed by atoms with Gasteiger partial charge in [0.05, 0.1) is 16.8 Å². The molecule has 1 aromatic carbocycles. The van der Waals surface area contributed by atoms with Gasteiger partial charge in [-0.2, -0.15) is 5.26 Å². The molecular formula is C9H7ClN2. The van der Waals surface area contributed by atoms with Crippen LogP contribution in [-0.2, 0) is 0 Å². The Morgan fingerprint density at radius 3 is 2.83 bits per heavy atom. The number of anilines is 1. The van der Waals surface area contributed by atoms with E-state index >= 15 is 0 Å². The van der Waals surface area contributed by atoms with E-state index in [4.69, 9.17) is 22.6 Å². The number of hydrogen-bond acceptors (Lipinski definition) is 2. The van der Waals surface area contributed by atoms with Crippen LogP contribution in [0.4, 0.5) is 5.69 Å². The number of nitriles is 1. The van der Waals surface area contributed by atoms with Crippen molar-refractivity contribution in [2.45, 2.75) is 0 Å². The molecule has 0 aliphatic heterocycles. The van der Waals surface area contributed by atoms with Crippen molar-refractivity contribution in [3.05, 3.63) is 34.9 Å². The fourth-order valence-electron chi connectivity index (χ4n) is 0.781. The second kappa shape index (κ2) is 3.80. The maximum absolute atomic E-state index is 8.26. The summed E-state index contributed by atoms with van der Waals surface area (Å²) in [6, 6.07) is 7.12. The van der Waals surface area contributed by atoms with Crippen LogP contribution in [-0.4, -0.2) is 0 Å². The summed E-state index contributed by atoms with van der Waals surface area (Å²) in [5, 5.41) is 8.77. The Bertz CT molecular complexity index is 350. The average molecular weight is 179 g/mol. The first-order valence-corrected chi connectivity index (χ1v) is 3.73. The highest BCUT2D eigenvalue weighted by atomic mass is 35.5. The maximum Gasteiger partial charge on any atom is 0.0912 e. The summed E-state index contributed by atoms with van der Waals surface area (Å²) in [6.07, 6.45) is 3.06. The standard InChI is InChI=1S/C9H7ClN2/c10-8-6-7(2-1-5-11)3-4-9(8)12/h1-4,6H,12H2/b2-1+. The van der Waals surface area contributed by atoms with E-state index in [-0.39, 0.29) is 0 Å². The molecule has 1 aromatic rings. The van der Waals surface area contributed by atoms with Crippen LogP contribution in [0.15, 0.2) is 24.3 Å². The Hall–Kier alpha value is -1.46. The first-order valence-electron chi connectivity index (χ1n) is 3.35. The van der Waals surface area contributed by atoms with E-state index in [1.807, 2.05) is 6.07 Å². The van der Waals surface area contributed by atoms with Gasteiger partial charge >= 0.3 is 0 Å². The van der Waals surface area contributed by atoms with Crippen molar-refractivity contribution in [3.8, 4) is 6.07 Å². The molecule has 0 saturated carbocycles. The first-order chi connectivity index (χ1) is 5.74. The molecule has 0 aliphatic rings. The quantitative estimate of drug-likeness (QED) is 0.531. The van der Waals surface area contributed by atoms with Crippen LogP contribution in [0, 0.1) is 11.3 Å². The normalized spacial score (nSPS) is 10.0. The van der Waals surface area contributed by atoms with Crippen LogP contribution < -0.4 is 5.73 Å². The number of halogens is 1. The molecule has 0 spiro atoms. The zero-order chi connectivity index (χ0) is 8.97. The highest BCUT2D eigenvalue weighted by molar-refractivity contribution is 6.33. The van der Waals surface area contributed by atoms with Gasteiger partial charge in [0.1, 0.15) is 0 Å². The first kappa shape index (κ1) is 8.63. The van der Waals surface area contributed by atoms with Crippen molar-refractivity contribution < 1.29 is 0 Å². The second-order valence-corrected chi connectivity index (χ2v) is 2.65. The molecule has 2 nitrogen and oxygen atoms in total. The minimum atomic E-state index is 0.509. The lowest BCUT2D eigenvalue weighted by Gasteiger charge is -1.97. The van der Waals surface area contributed by atoms with Crippen molar-refractivity contribution in [3.63, 3.8) is 0 Å². The van der Waals surface area contributed by atoms with Gasteiger partial charge in [-0.15, -0.1) is 0 Å². The van der Waals surface area contributed by atoms with Gasteiger partial charge in [0.25, 0.3) is 0 Å². The minimum Gasteiger partial charge on any atom is -0.398 e. The predicted molar refractivity (Wildman–Crippen MR) is 50.5 cm³/mol. The fraction of sp³-hybridized carbons (Fsp3) is 0. The number of nitrogens with zero attached hydrogens (tertiary/aromatic N) is 1. The number of nitrogens with two attached hydrogens (primary N) is 1. The van der Waals surface area contributed by atoms with Gasteiger partial charge in [-0.25, -0.2) is 0 Å². The SMILES string of the molecule is N#C/C=C/c1ccc(N)c(Cl)c1. The van der Waals surface area contributed by atoms with Crippen LogP contribution in [0.3, 0.4) is 0 Å². The van der Waals surface area contributed by atoms with E-state index in [9.17, 15) is 0 Å². The lowest BCUT2D eigenvalue weighted by Crippen LogP contribution is -1.85. The molecule has 0 radical (unpaired) electrons. The summed E-state index contributed by atoms with van der Waals surface area (Å²) in [5.74, 6) is 0. The number of allylic oxidation sites excluding steroid dienone is 1. The van der Waals surface area contributed by atoms with E-state index in [1.54, 1.807) is 24.3 Å². The Labute approximate surface area is 75.9 Å². The number of nitrogen functional groups attached to an aromatic ring is 1. The Morgan fingerprint density at radius 1 is 1.50 bits per heavy atom. The summed E-state index contributed by atoms with van der Waals surface area (Å²) in [6.45, 7) is 0. The van der Waals surface area contributed by atoms with Crippen molar-refractivity contribution in [2.75, 3.05) is 5.73 Å². The van der Waals surface area contributed by atoms with Gasteiger partial charge in [-0.05, 0) is 23.8 Å². The highest BCUT2D eigenvalue weighted by Gasteiger charge is 1.94. The molecule has 0 saturated heterocycles. The molecule has 0 fully saturated rings. The molecule has 12 heavy (non-hydrogen) atoms. The molecule has 0 aliphatic carbocycles. The molecular weight excluding hydrogens is 172 g/mol. The van der Waals surface area contributed by atoms with Gasteiger partial charge in [-0.3, -0.25) is 0 Å². The zero-order valence-corrected chi connectivity index (χ0v) is 7.05. The van der Waals surface area contributed by atoms with E-state index in [2.05, 4.69) is 0 Å². The molecule has 1 rings (SSSR count). The van der Waals surface area contributed by atoms with E-state index in [1.165, 1.54) is 6.08 Å². The number of benzene rings is 1. The summed E-state index contributed by atoms with van der Waals surface area (Å²) >= 11 is 5.75. The van der Waals surface area contributed by atoms with Crippen LogP contribution >= 0.6 is 11.6 Å². The number of rotatable bonds is 1. The monoisotopic (exact) mass is 178 g/mol. The topological polar surface area (TPSA) is 49.8 Å². The molecule has 2 N–H and O–H groups in total. The molecule has 0 bridgehead atoms. The van der Waals surface area contributed by atoms with Gasteiger partial charge < -0.3 is 5.73 Å². The molecule has 0 atom stereocenters. The van der Waals surface area contributed by atoms with Gasteiger partial charge in [0.15, 0.2) is 0 Å².